The second-order valence-electron chi connectivity index (χ2n) is 6.57. The highest BCUT2D eigenvalue weighted by molar-refractivity contribution is 7.79. The minimum absolute atomic E-state index is 2.23. The van der Waals surface area contributed by atoms with Crippen molar-refractivity contribution in [3.05, 3.63) is 0 Å². The summed E-state index contributed by atoms with van der Waals surface area (Å²) < 4.78 is 292. The van der Waals surface area contributed by atoms with Gasteiger partial charge >= 0.3 is 59.5 Å². The Kier molecular flexibility index (Phi) is 8.51. The van der Waals surface area contributed by atoms with Crippen molar-refractivity contribution < 1.29 is 101 Å². The van der Waals surface area contributed by atoms with Crippen molar-refractivity contribution in [2.75, 3.05) is 5.75 Å². The third-order valence-electron chi connectivity index (χ3n) is 4.17. The van der Waals surface area contributed by atoms with E-state index in [-0.39, 0.29) is 0 Å². The minimum Gasteiger partial charge on any atom is -0.306 e. The molecule has 24 heteroatoms. The number of hydrogen-bond acceptors (Lipinski definition) is 1. The molecule has 2 nitrogen and oxygen atoms in total. The molecule has 1 N–H and O–H groups in total. The molecular weight excluding hydrogens is 607 g/mol. The second kappa shape index (κ2) is 8.85. The molecule has 0 aromatic carbocycles. The van der Waals surface area contributed by atoms with Crippen LogP contribution in [0.4, 0.5) is 92.2 Å². The standard InChI is InChI=1S/C12H5F21O2S/c13-3(14,1-2-36(34)35)4(15,16)5(17,18)6(19,20)7(21,22)8(23,24)9(25,26)10(27,28)11(29,30)12(31,32)33/h1-2H2,(H,34,35). The molecule has 1 atom stereocenters. The SMILES string of the molecule is O=S(O)CCC(F)(F)C(F)(F)C(F)(F)C(F)(F)C(F)(F)C(F)(F)C(F)(F)C(F)(F)C(F)(F)C(F)(F)F. The second-order valence-corrected chi connectivity index (χ2v) is 7.62. The molecule has 218 valence electrons. The number of hydrogen-bond donors (Lipinski definition) is 1. The molecule has 0 saturated carbocycles. The molecule has 0 bridgehead atoms. The van der Waals surface area contributed by atoms with E-state index in [1.54, 1.807) is 0 Å². The predicted molar refractivity (Wildman–Crippen MR) is 70.8 cm³/mol. The average Bonchev–Trinajstić information content (AvgIpc) is 2.64. The first-order valence-corrected chi connectivity index (χ1v) is 8.99. The van der Waals surface area contributed by atoms with Crippen LogP contribution >= 0.6 is 0 Å². The molecule has 0 amide bonds. The van der Waals surface area contributed by atoms with Crippen LogP contribution in [0, 0.1) is 0 Å². The Hall–Kier alpha value is -1.36. The van der Waals surface area contributed by atoms with Gasteiger partial charge in [-0.1, -0.05) is 0 Å². The largest absolute Gasteiger partial charge is 0.460 e. The lowest BCUT2D eigenvalue weighted by Crippen LogP contribution is -2.76. The molecule has 0 aromatic heterocycles. The molecule has 0 rings (SSSR count). The molecule has 0 saturated heterocycles. The third-order valence-corrected chi connectivity index (χ3v) is 4.72. The van der Waals surface area contributed by atoms with Crippen LogP contribution in [-0.4, -0.2) is 74.0 Å². The summed E-state index contributed by atoms with van der Waals surface area (Å²) in [6, 6.07) is 0. The summed E-state index contributed by atoms with van der Waals surface area (Å²) in [6.45, 7) is 0. The molecule has 0 fully saturated rings. The topological polar surface area (TPSA) is 37.3 Å². The molecule has 0 aliphatic carbocycles. The zero-order valence-corrected chi connectivity index (χ0v) is 16.4. The van der Waals surface area contributed by atoms with Gasteiger partial charge in [-0.3, -0.25) is 0 Å². The van der Waals surface area contributed by atoms with Gasteiger partial charge in [-0.25, -0.2) is 4.21 Å². The van der Waals surface area contributed by atoms with Crippen molar-refractivity contribution in [3.63, 3.8) is 0 Å². The molecule has 0 aromatic rings. The van der Waals surface area contributed by atoms with Gasteiger partial charge in [-0.05, 0) is 0 Å². The number of halogens is 21. The van der Waals surface area contributed by atoms with Crippen LogP contribution in [0.1, 0.15) is 6.42 Å². The average molecular weight is 612 g/mol. The lowest BCUT2D eigenvalue weighted by atomic mass is 9.86. The summed E-state index contributed by atoms with van der Waals surface area (Å²) in [5, 5.41) is 0. The van der Waals surface area contributed by atoms with Gasteiger partial charge in [-0.15, -0.1) is 0 Å². The maximum absolute atomic E-state index is 13.5. The van der Waals surface area contributed by atoms with Crippen molar-refractivity contribution >= 4 is 11.1 Å². The summed E-state index contributed by atoms with van der Waals surface area (Å²) in [5.41, 5.74) is 0. The van der Waals surface area contributed by atoms with E-state index in [9.17, 15) is 96.4 Å². The molecule has 0 spiro atoms. The van der Waals surface area contributed by atoms with E-state index in [1.165, 1.54) is 0 Å². The van der Waals surface area contributed by atoms with Gasteiger partial charge < -0.3 is 4.55 Å². The summed E-state index contributed by atoms with van der Waals surface area (Å²) in [7, 11) is 0. The minimum atomic E-state index is -9.22. The van der Waals surface area contributed by atoms with Crippen molar-refractivity contribution in [2.45, 2.75) is 65.9 Å². The molecule has 0 radical (unpaired) electrons. The van der Waals surface area contributed by atoms with Crippen LogP contribution in [0.2, 0.25) is 0 Å². The van der Waals surface area contributed by atoms with E-state index in [1.807, 2.05) is 0 Å². The lowest BCUT2D eigenvalue weighted by Gasteiger charge is -2.44. The van der Waals surface area contributed by atoms with Crippen molar-refractivity contribution in [1.82, 2.24) is 0 Å². The van der Waals surface area contributed by atoms with Gasteiger partial charge in [0.15, 0.2) is 11.1 Å². The van der Waals surface area contributed by atoms with Crippen molar-refractivity contribution in [1.29, 1.82) is 0 Å². The maximum atomic E-state index is 13.5. The van der Waals surface area contributed by atoms with Crippen LogP contribution in [0.5, 0.6) is 0 Å². The monoisotopic (exact) mass is 612 g/mol. The quantitative estimate of drug-likeness (QED) is 0.204. The van der Waals surface area contributed by atoms with Crippen LogP contribution in [0.25, 0.3) is 0 Å². The Morgan fingerprint density at radius 2 is 0.639 bits per heavy atom. The highest BCUT2D eigenvalue weighted by Crippen LogP contribution is 2.66. The molecule has 0 aliphatic rings. The Balaban J connectivity index is 6.97. The fraction of sp³-hybridized carbons (Fsp3) is 1.00. The Morgan fingerprint density at radius 3 is 0.861 bits per heavy atom. The molecule has 0 aliphatic heterocycles. The van der Waals surface area contributed by atoms with Crippen LogP contribution in [-0.2, 0) is 11.1 Å². The number of rotatable bonds is 11. The van der Waals surface area contributed by atoms with E-state index >= 15 is 0 Å². The summed E-state index contributed by atoms with van der Waals surface area (Å²) in [4.78, 5) is 0. The first kappa shape index (κ1) is 34.6. The van der Waals surface area contributed by atoms with Gasteiger partial charge in [0.2, 0.25) is 0 Å². The van der Waals surface area contributed by atoms with Crippen LogP contribution in [0.3, 0.4) is 0 Å². The molecular formula is C12H5F21O2S. The van der Waals surface area contributed by atoms with Gasteiger partial charge in [0.25, 0.3) is 0 Å². The number of alkyl halides is 21. The van der Waals surface area contributed by atoms with Crippen LogP contribution < -0.4 is 0 Å². The van der Waals surface area contributed by atoms with Gasteiger partial charge in [0.05, 0.1) is 5.75 Å². The highest BCUT2D eigenvalue weighted by Gasteiger charge is 2.97. The summed E-state index contributed by atoms with van der Waals surface area (Å²) >= 11 is -3.62. The molecule has 1 unspecified atom stereocenters. The van der Waals surface area contributed by atoms with E-state index in [0.717, 1.165) is 0 Å². The zero-order valence-electron chi connectivity index (χ0n) is 15.6. The van der Waals surface area contributed by atoms with E-state index in [2.05, 4.69) is 0 Å². The first-order valence-electron chi connectivity index (χ1n) is 7.71. The van der Waals surface area contributed by atoms with Gasteiger partial charge in [-0.2, -0.15) is 92.2 Å². The van der Waals surface area contributed by atoms with Crippen molar-refractivity contribution in [3.8, 4) is 0 Å². The zero-order chi connectivity index (χ0) is 30.0. The summed E-state index contributed by atoms with van der Waals surface area (Å²) in [5.74, 6) is -79.8. The first-order chi connectivity index (χ1) is 15.2. The normalized spacial score (nSPS) is 17.4. The third kappa shape index (κ3) is 4.46. The Bertz CT molecular complexity index is 827. The fourth-order valence-corrected chi connectivity index (χ4v) is 2.39. The smallest absolute Gasteiger partial charge is 0.306 e. The van der Waals surface area contributed by atoms with E-state index in [4.69, 9.17) is 4.55 Å². The molecule has 0 heterocycles. The van der Waals surface area contributed by atoms with E-state index in [0.29, 0.717) is 0 Å². The van der Waals surface area contributed by atoms with Crippen LogP contribution in [0.15, 0.2) is 0 Å². The molecule has 36 heavy (non-hydrogen) atoms. The van der Waals surface area contributed by atoms with Crippen molar-refractivity contribution in [2.24, 2.45) is 0 Å². The van der Waals surface area contributed by atoms with Gasteiger partial charge in [0.1, 0.15) is 0 Å². The maximum Gasteiger partial charge on any atom is 0.460 e. The van der Waals surface area contributed by atoms with Gasteiger partial charge in [0, 0.05) is 6.42 Å². The predicted octanol–water partition coefficient (Wildman–Crippen LogP) is 6.88. The fourth-order valence-electron chi connectivity index (χ4n) is 1.96. The highest BCUT2D eigenvalue weighted by atomic mass is 32.2. The van der Waals surface area contributed by atoms with E-state index < -0.39 is 82.7 Å². The lowest BCUT2D eigenvalue weighted by molar-refractivity contribution is -0.474. The Labute approximate surface area is 185 Å². The Morgan fingerprint density at radius 1 is 0.417 bits per heavy atom. The summed E-state index contributed by atoms with van der Waals surface area (Å²) in [6.07, 6.45) is -11.1.